The van der Waals surface area contributed by atoms with Crippen molar-refractivity contribution in [2.75, 3.05) is 0 Å². The van der Waals surface area contributed by atoms with Crippen LogP contribution in [0.1, 0.15) is 31.6 Å². The number of rotatable bonds is 2. The molecule has 0 N–H and O–H groups in total. The molecule has 0 aromatic carbocycles. The lowest BCUT2D eigenvalue weighted by Gasteiger charge is -2.11. The summed E-state index contributed by atoms with van der Waals surface area (Å²) in [5.41, 5.74) is 1.90. The molecule has 0 amide bonds. The molecule has 1 heterocycles. The van der Waals surface area contributed by atoms with E-state index in [0.717, 1.165) is 5.92 Å². The van der Waals surface area contributed by atoms with Gasteiger partial charge >= 0.3 is 0 Å². The Morgan fingerprint density at radius 1 is 1.40 bits per heavy atom. The second-order valence-corrected chi connectivity index (χ2v) is 3.85. The zero-order chi connectivity index (χ0) is 7.56. The van der Waals surface area contributed by atoms with E-state index >= 15 is 0 Å². The van der Waals surface area contributed by atoms with E-state index in [1.807, 2.05) is 11.7 Å². The molecule has 10 heavy (non-hydrogen) atoms. The molecule has 0 saturated heterocycles. The number of nitrogens with zero attached hydrogens (tertiary/aromatic N) is 1. The van der Waals surface area contributed by atoms with Gasteiger partial charge in [-0.2, -0.15) is 0 Å². The van der Waals surface area contributed by atoms with Crippen LogP contribution in [0.3, 0.4) is 0 Å². The molecule has 0 aliphatic carbocycles. The molecular weight excluding hydrogens is 142 g/mol. The summed E-state index contributed by atoms with van der Waals surface area (Å²) in [6.07, 6.45) is 1.97. The number of aromatic nitrogens is 1. The van der Waals surface area contributed by atoms with Crippen LogP contribution in [0.25, 0.3) is 0 Å². The molecule has 0 aliphatic heterocycles. The average molecular weight is 155 g/mol. The first-order chi connectivity index (χ1) is 4.72. The Hall–Kier alpha value is -0.370. The summed E-state index contributed by atoms with van der Waals surface area (Å²) in [7, 11) is 0. The lowest BCUT2D eigenvalue weighted by molar-refractivity contribution is 0.541. The zero-order valence-electron chi connectivity index (χ0n) is 6.66. The number of hydrogen-bond acceptors (Lipinski definition) is 2. The van der Waals surface area contributed by atoms with E-state index < -0.39 is 0 Å². The molecule has 1 unspecified atom stereocenters. The topological polar surface area (TPSA) is 12.9 Å². The van der Waals surface area contributed by atoms with Crippen molar-refractivity contribution in [1.29, 1.82) is 0 Å². The van der Waals surface area contributed by atoms with Crippen molar-refractivity contribution in [3.63, 3.8) is 0 Å². The van der Waals surface area contributed by atoms with E-state index in [2.05, 4.69) is 25.8 Å². The van der Waals surface area contributed by atoms with Crippen LogP contribution in [0.5, 0.6) is 0 Å². The Kier molecular flexibility index (Phi) is 2.44. The van der Waals surface area contributed by atoms with Gasteiger partial charge in [-0.05, 0) is 11.8 Å². The minimum Gasteiger partial charge on any atom is -0.253 e. The second kappa shape index (κ2) is 3.15. The number of thiazole rings is 1. The lowest BCUT2D eigenvalue weighted by atomic mass is 9.97. The van der Waals surface area contributed by atoms with Gasteiger partial charge in [0.05, 0.1) is 5.51 Å². The molecule has 2 heteroatoms. The smallest absolute Gasteiger partial charge is 0.0794 e. The molecule has 0 radical (unpaired) electrons. The highest BCUT2D eigenvalue weighted by atomic mass is 32.1. The summed E-state index contributed by atoms with van der Waals surface area (Å²) in [5.74, 6) is 1.38. The summed E-state index contributed by atoms with van der Waals surface area (Å²) in [6.45, 7) is 6.73. The van der Waals surface area contributed by atoms with Crippen molar-refractivity contribution < 1.29 is 0 Å². The molecule has 0 aliphatic rings. The van der Waals surface area contributed by atoms with Gasteiger partial charge < -0.3 is 0 Å². The Labute approximate surface area is 66.1 Å². The van der Waals surface area contributed by atoms with Gasteiger partial charge in [0.2, 0.25) is 0 Å². The highest BCUT2D eigenvalue weighted by Gasteiger charge is 2.10. The largest absolute Gasteiger partial charge is 0.253 e. The van der Waals surface area contributed by atoms with E-state index in [0.29, 0.717) is 5.92 Å². The zero-order valence-corrected chi connectivity index (χ0v) is 7.48. The predicted molar refractivity (Wildman–Crippen MR) is 45.4 cm³/mol. The van der Waals surface area contributed by atoms with Crippen molar-refractivity contribution in [3.8, 4) is 0 Å². The highest BCUT2D eigenvalue weighted by Crippen LogP contribution is 2.25. The van der Waals surface area contributed by atoms with Crippen molar-refractivity contribution in [2.45, 2.75) is 26.7 Å². The normalized spacial score (nSPS) is 14.0. The fraction of sp³-hybridized carbons (Fsp3) is 0.625. The fourth-order valence-corrected chi connectivity index (χ4v) is 1.63. The monoisotopic (exact) mass is 155 g/mol. The van der Waals surface area contributed by atoms with Crippen molar-refractivity contribution in [1.82, 2.24) is 4.98 Å². The Morgan fingerprint density at radius 3 is 2.50 bits per heavy atom. The molecule has 1 rings (SSSR count). The van der Waals surface area contributed by atoms with Gasteiger partial charge in [0.1, 0.15) is 0 Å². The fourth-order valence-electron chi connectivity index (χ4n) is 0.779. The standard InChI is InChI=1S/C8H13NS/c1-6(2)7(3)8-4-9-5-10-8/h4-7H,1-3H3. The first-order valence-electron chi connectivity index (χ1n) is 3.60. The molecular formula is C8H13NS. The van der Waals surface area contributed by atoms with Gasteiger partial charge in [-0.1, -0.05) is 20.8 Å². The van der Waals surface area contributed by atoms with Crippen LogP contribution in [-0.2, 0) is 0 Å². The van der Waals surface area contributed by atoms with Crippen molar-refractivity contribution in [2.24, 2.45) is 5.92 Å². The van der Waals surface area contributed by atoms with E-state index in [9.17, 15) is 0 Å². The van der Waals surface area contributed by atoms with E-state index in [-0.39, 0.29) is 0 Å². The van der Waals surface area contributed by atoms with Crippen LogP contribution in [0.2, 0.25) is 0 Å². The van der Waals surface area contributed by atoms with Gasteiger partial charge in [0.25, 0.3) is 0 Å². The van der Waals surface area contributed by atoms with Crippen molar-refractivity contribution >= 4 is 11.3 Å². The van der Waals surface area contributed by atoms with Crippen LogP contribution < -0.4 is 0 Å². The maximum Gasteiger partial charge on any atom is 0.0794 e. The van der Waals surface area contributed by atoms with Gasteiger partial charge in [-0.25, -0.2) is 0 Å². The first-order valence-corrected chi connectivity index (χ1v) is 4.48. The molecule has 0 bridgehead atoms. The third-order valence-corrected chi connectivity index (χ3v) is 2.88. The van der Waals surface area contributed by atoms with Crippen LogP contribution in [0, 0.1) is 5.92 Å². The molecule has 1 nitrogen and oxygen atoms in total. The van der Waals surface area contributed by atoms with E-state index in [1.54, 1.807) is 11.3 Å². The van der Waals surface area contributed by atoms with Crippen LogP contribution in [0.15, 0.2) is 11.7 Å². The minimum atomic E-state index is 0.660. The molecule has 0 spiro atoms. The van der Waals surface area contributed by atoms with E-state index in [1.165, 1.54) is 4.88 Å². The summed E-state index contributed by atoms with van der Waals surface area (Å²) in [4.78, 5) is 5.44. The highest BCUT2D eigenvalue weighted by molar-refractivity contribution is 7.09. The minimum absolute atomic E-state index is 0.660. The molecule has 1 atom stereocenters. The first kappa shape index (κ1) is 7.73. The Bertz CT molecular complexity index is 179. The lowest BCUT2D eigenvalue weighted by Crippen LogP contribution is -1.98. The average Bonchev–Trinajstić information content (AvgIpc) is 2.36. The molecule has 1 aromatic heterocycles. The SMILES string of the molecule is CC(C)C(C)c1cncs1. The Balaban J connectivity index is 2.68. The summed E-state index contributed by atoms with van der Waals surface area (Å²) < 4.78 is 0. The Morgan fingerprint density at radius 2 is 2.10 bits per heavy atom. The predicted octanol–water partition coefficient (Wildman–Crippen LogP) is 2.90. The van der Waals surface area contributed by atoms with Crippen molar-refractivity contribution in [3.05, 3.63) is 16.6 Å². The van der Waals surface area contributed by atoms with Crippen LogP contribution in [0.4, 0.5) is 0 Å². The third-order valence-electron chi connectivity index (χ3n) is 1.90. The third kappa shape index (κ3) is 1.57. The molecule has 56 valence electrons. The molecule has 1 aromatic rings. The van der Waals surface area contributed by atoms with Gasteiger partial charge in [0.15, 0.2) is 0 Å². The van der Waals surface area contributed by atoms with Crippen LogP contribution in [-0.4, -0.2) is 4.98 Å². The van der Waals surface area contributed by atoms with E-state index in [4.69, 9.17) is 0 Å². The summed E-state index contributed by atoms with van der Waals surface area (Å²) in [6, 6.07) is 0. The maximum absolute atomic E-state index is 4.04. The quantitative estimate of drug-likeness (QED) is 0.640. The van der Waals surface area contributed by atoms with Gasteiger partial charge in [-0.3, -0.25) is 4.98 Å². The van der Waals surface area contributed by atoms with Gasteiger partial charge in [0, 0.05) is 11.1 Å². The second-order valence-electron chi connectivity index (χ2n) is 2.94. The number of hydrogen-bond donors (Lipinski definition) is 0. The molecule has 0 fully saturated rings. The molecule has 0 saturated carbocycles. The van der Waals surface area contributed by atoms with Crippen LogP contribution >= 0.6 is 11.3 Å². The maximum atomic E-state index is 4.04. The van der Waals surface area contributed by atoms with Gasteiger partial charge in [-0.15, -0.1) is 11.3 Å². The summed E-state index contributed by atoms with van der Waals surface area (Å²) >= 11 is 1.75. The summed E-state index contributed by atoms with van der Waals surface area (Å²) in [5, 5.41) is 0.